The Balaban J connectivity index is 1.31. The van der Waals surface area contributed by atoms with Crippen molar-refractivity contribution in [2.24, 2.45) is 0 Å². The maximum absolute atomic E-state index is 4.67. The first-order chi connectivity index (χ1) is 21.4. The second-order valence-corrected chi connectivity index (χ2v) is 13.5. The average Bonchev–Trinajstić information content (AvgIpc) is 3.42. The van der Waals surface area contributed by atoms with Gasteiger partial charge in [-0.25, -0.2) is 0 Å². The normalized spacial score (nSPS) is 15.2. The summed E-state index contributed by atoms with van der Waals surface area (Å²) in [6.07, 6.45) is 7.95. The number of rotatable bonds is 2. The molecule has 0 fully saturated rings. The van der Waals surface area contributed by atoms with Gasteiger partial charge in [0.1, 0.15) is 0 Å². The molecule has 2 aromatic heterocycles. The second-order valence-electron chi connectivity index (χ2n) is 13.5. The van der Waals surface area contributed by atoms with Gasteiger partial charge < -0.3 is 0 Å². The zero-order chi connectivity index (χ0) is 29.8. The van der Waals surface area contributed by atoms with Gasteiger partial charge in [0.2, 0.25) is 0 Å². The lowest BCUT2D eigenvalue weighted by atomic mass is 9.80. The van der Waals surface area contributed by atoms with E-state index in [4.69, 9.17) is 0 Å². The van der Waals surface area contributed by atoms with Gasteiger partial charge in [0, 0.05) is 46.4 Å². The van der Waals surface area contributed by atoms with Crippen LogP contribution in [-0.2, 0) is 10.8 Å². The van der Waals surface area contributed by atoms with Gasteiger partial charge in [-0.3, -0.25) is 9.97 Å². The standard InChI is InChI=1S/C42H32N2/c1-41(2)35-11-7-5-9-27(35)29-15-13-25(21-37(29)41)39-31-17-19-44-24-34(31)40(32-18-20-43-23-33(32)39)26-14-16-30-28-10-6-8-12-36(28)42(3,4)38(30)22-26/h5-24H,1-4H3. The predicted molar refractivity (Wildman–Crippen MR) is 183 cm³/mol. The molecule has 44 heavy (non-hydrogen) atoms. The van der Waals surface area contributed by atoms with E-state index in [1.165, 1.54) is 77.5 Å². The molecule has 0 bridgehead atoms. The van der Waals surface area contributed by atoms with Gasteiger partial charge in [-0.05, 0) is 102 Å². The quantitative estimate of drug-likeness (QED) is 0.195. The minimum absolute atomic E-state index is 0.0674. The Morgan fingerprint density at radius 3 is 1.27 bits per heavy atom. The highest BCUT2D eigenvalue weighted by molar-refractivity contribution is 6.21. The number of nitrogens with zero attached hydrogens (tertiary/aromatic N) is 2. The summed E-state index contributed by atoms with van der Waals surface area (Å²) in [4.78, 5) is 9.33. The summed E-state index contributed by atoms with van der Waals surface area (Å²) in [6.45, 7) is 9.39. The molecular formula is C42H32N2. The van der Waals surface area contributed by atoms with Crippen molar-refractivity contribution in [3.63, 3.8) is 0 Å². The van der Waals surface area contributed by atoms with Gasteiger partial charge >= 0.3 is 0 Å². The highest BCUT2D eigenvalue weighted by Gasteiger charge is 2.37. The first kappa shape index (κ1) is 25.4. The van der Waals surface area contributed by atoms with E-state index in [0.717, 1.165) is 10.8 Å². The number of hydrogen-bond donors (Lipinski definition) is 0. The monoisotopic (exact) mass is 564 g/mol. The molecule has 0 amide bonds. The minimum atomic E-state index is -0.0674. The number of aromatic nitrogens is 2. The molecule has 0 saturated heterocycles. The molecule has 2 heterocycles. The lowest BCUT2D eigenvalue weighted by Gasteiger charge is -2.23. The van der Waals surface area contributed by atoms with Crippen LogP contribution in [0.2, 0.25) is 0 Å². The molecule has 0 aliphatic heterocycles. The minimum Gasteiger partial charge on any atom is -0.264 e. The SMILES string of the molecule is CC1(C)c2ccccc2-c2ccc(-c3c4ccncc4c(-c4ccc5c(c4)C(C)(C)c4ccccc4-5)c4ccncc34)cc21. The van der Waals surface area contributed by atoms with Crippen molar-refractivity contribution in [3.05, 3.63) is 144 Å². The number of hydrogen-bond acceptors (Lipinski definition) is 2. The number of pyridine rings is 2. The van der Waals surface area contributed by atoms with Gasteiger partial charge in [-0.15, -0.1) is 0 Å². The summed E-state index contributed by atoms with van der Waals surface area (Å²) >= 11 is 0. The molecule has 0 N–H and O–H groups in total. The second kappa shape index (κ2) is 8.74. The molecule has 0 radical (unpaired) electrons. The van der Waals surface area contributed by atoms with Crippen LogP contribution in [0.4, 0.5) is 0 Å². The fourth-order valence-corrected chi connectivity index (χ4v) is 8.26. The predicted octanol–water partition coefficient (Wildman–Crippen LogP) is 10.7. The van der Waals surface area contributed by atoms with E-state index >= 15 is 0 Å². The Morgan fingerprint density at radius 1 is 0.409 bits per heavy atom. The highest BCUT2D eigenvalue weighted by atomic mass is 14.6. The van der Waals surface area contributed by atoms with Crippen molar-refractivity contribution in [1.29, 1.82) is 0 Å². The molecule has 210 valence electrons. The molecule has 0 spiro atoms. The zero-order valence-corrected chi connectivity index (χ0v) is 25.4. The molecular weight excluding hydrogens is 532 g/mol. The summed E-state index contributed by atoms with van der Waals surface area (Å²) < 4.78 is 0. The Labute approximate surface area is 258 Å². The molecule has 0 atom stereocenters. The van der Waals surface area contributed by atoms with Crippen molar-refractivity contribution in [2.75, 3.05) is 0 Å². The molecule has 2 aliphatic rings. The molecule has 2 aliphatic carbocycles. The van der Waals surface area contributed by atoms with Crippen LogP contribution in [0, 0.1) is 0 Å². The van der Waals surface area contributed by atoms with Crippen LogP contribution in [0.15, 0.2) is 122 Å². The Morgan fingerprint density at radius 2 is 0.818 bits per heavy atom. The summed E-state index contributed by atoms with van der Waals surface area (Å²) in [6, 6.07) is 36.1. The maximum Gasteiger partial charge on any atom is 0.0353 e. The number of fused-ring (bicyclic) bond motifs is 8. The van der Waals surface area contributed by atoms with E-state index in [2.05, 4.69) is 135 Å². The molecule has 0 saturated carbocycles. The Kier molecular flexibility index (Phi) is 5.05. The first-order valence-corrected chi connectivity index (χ1v) is 15.5. The van der Waals surface area contributed by atoms with Gasteiger partial charge in [0.25, 0.3) is 0 Å². The Hall–Kier alpha value is -5.08. The maximum atomic E-state index is 4.67. The fourth-order valence-electron chi connectivity index (χ4n) is 8.26. The molecule has 0 unspecified atom stereocenters. The van der Waals surface area contributed by atoms with E-state index in [0.29, 0.717) is 0 Å². The lowest BCUT2D eigenvalue weighted by molar-refractivity contribution is 0.660. The Bertz CT molecular complexity index is 2120. The van der Waals surface area contributed by atoms with Gasteiger partial charge in [0.15, 0.2) is 0 Å². The molecule has 2 heteroatoms. The largest absolute Gasteiger partial charge is 0.264 e. The van der Waals surface area contributed by atoms with E-state index in [1.54, 1.807) is 0 Å². The molecule has 2 nitrogen and oxygen atoms in total. The van der Waals surface area contributed by atoms with Crippen LogP contribution in [-0.4, -0.2) is 9.97 Å². The lowest BCUT2D eigenvalue weighted by Crippen LogP contribution is -2.15. The van der Waals surface area contributed by atoms with Crippen LogP contribution < -0.4 is 0 Å². The third kappa shape index (κ3) is 3.26. The number of benzene rings is 5. The van der Waals surface area contributed by atoms with E-state index in [9.17, 15) is 0 Å². The van der Waals surface area contributed by atoms with Crippen LogP contribution in [0.1, 0.15) is 49.9 Å². The van der Waals surface area contributed by atoms with Crippen LogP contribution in [0.5, 0.6) is 0 Å². The summed E-state index contributed by atoms with van der Waals surface area (Å²) in [5.74, 6) is 0. The van der Waals surface area contributed by atoms with Crippen LogP contribution >= 0.6 is 0 Å². The third-order valence-electron chi connectivity index (χ3n) is 10.5. The van der Waals surface area contributed by atoms with Crippen molar-refractivity contribution in [1.82, 2.24) is 9.97 Å². The summed E-state index contributed by atoms with van der Waals surface area (Å²) in [7, 11) is 0. The van der Waals surface area contributed by atoms with E-state index < -0.39 is 0 Å². The van der Waals surface area contributed by atoms with E-state index in [1.807, 2.05) is 24.8 Å². The van der Waals surface area contributed by atoms with Crippen molar-refractivity contribution < 1.29 is 0 Å². The van der Waals surface area contributed by atoms with Gasteiger partial charge in [-0.2, -0.15) is 0 Å². The topological polar surface area (TPSA) is 25.8 Å². The van der Waals surface area contributed by atoms with Gasteiger partial charge in [-0.1, -0.05) is 100 Å². The van der Waals surface area contributed by atoms with Crippen molar-refractivity contribution >= 4 is 21.5 Å². The van der Waals surface area contributed by atoms with Gasteiger partial charge in [0.05, 0.1) is 0 Å². The zero-order valence-electron chi connectivity index (χ0n) is 25.4. The molecule has 7 aromatic rings. The molecule has 9 rings (SSSR count). The first-order valence-electron chi connectivity index (χ1n) is 15.5. The summed E-state index contributed by atoms with van der Waals surface area (Å²) in [5, 5.41) is 4.73. The fraction of sp³-hybridized carbons (Fsp3) is 0.143. The average molecular weight is 565 g/mol. The van der Waals surface area contributed by atoms with Crippen LogP contribution in [0.25, 0.3) is 66.1 Å². The third-order valence-corrected chi connectivity index (χ3v) is 10.5. The van der Waals surface area contributed by atoms with Crippen molar-refractivity contribution in [2.45, 2.75) is 38.5 Å². The van der Waals surface area contributed by atoms with Crippen molar-refractivity contribution in [3.8, 4) is 44.5 Å². The molecule has 5 aromatic carbocycles. The van der Waals surface area contributed by atoms with E-state index in [-0.39, 0.29) is 10.8 Å². The summed E-state index contributed by atoms with van der Waals surface area (Å²) in [5.41, 5.74) is 15.6. The smallest absolute Gasteiger partial charge is 0.0353 e. The highest BCUT2D eigenvalue weighted by Crippen LogP contribution is 2.53. The van der Waals surface area contributed by atoms with Crippen LogP contribution in [0.3, 0.4) is 0 Å².